The van der Waals surface area contributed by atoms with Crippen molar-refractivity contribution in [3.8, 4) is 0 Å². The van der Waals surface area contributed by atoms with Gasteiger partial charge in [-0.25, -0.2) is 9.50 Å². The lowest BCUT2D eigenvalue weighted by molar-refractivity contribution is -0.142. The topological polar surface area (TPSA) is 76.3 Å². The number of likely N-dealkylation sites (tertiary alicyclic amines) is 1. The number of halogens is 3. The van der Waals surface area contributed by atoms with Gasteiger partial charge in [-0.2, -0.15) is 18.3 Å². The van der Waals surface area contributed by atoms with E-state index in [9.17, 15) is 18.0 Å². The number of aryl methyl sites for hydroxylation is 2. The highest BCUT2D eigenvalue weighted by Gasteiger charge is 2.36. The summed E-state index contributed by atoms with van der Waals surface area (Å²) in [5.74, 6) is -0.298. The van der Waals surface area contributed by atoms with E-state index in [0.717, 1.165) is 35.0 Å². The molecule has 28 heavy (non-hydrogen) atoms. The smallest absolute Gasteiger partial charge is 0.337 e. The fourth-order valence-electron chi connectivity index (χ4n) is 3.49. The summed E-state index contributed by atoms with van der Waals surface area (Å²) in [6.07, 6.45) is -3.04. The number of hydrogen-bond donors (Lipinski definition) is 0. The molecular formula is C17H17F3N6OS. The quantitative estimate of drug-likeness (QED) is 0.648. The molecule has 0 saturated carbocycles. The molecule has 1 atom stereocenters. The van der Waals surface area contributed by atoms with E-state index in [1.54, 1.807) is 17.9 Å². The van der Waals surface area contributed by atoms with Crippen LogP contribution in [0.15, 0.2) is 12.1 Å². The van der Waals surface area contributed by atoms with Crippen molar-refractivity contribution in [3.63, 3.8) is 0 Å². The second kappa shape index (κ2) is 6.80. The Balaban J connectivity index is 1.65. The largest absolute Gasteiger partial charge is 0.433 e. The van der Waals surface area contributed by atoms with E-state index >= 15 is 0 Å². The maximum Gasteiger partial charge on any atom is 0.433 e. The second-order valence-corrected chi connectivity index (χ2v) is 7.65. The van der Waals surface area contributed by atoms with Gasteiger partial charge in [0.05, 0.1) is 11.4 Å². The van der Waals surface area contributed by atoms with Crippen LogP contribution in [0.1, 0.15) is 51.2 Å². The van der Waals surface area contributed by atoms with Crippen LogP contribution >= 0.6 is 11.5 Å². The van der Waals surface area contributed by atoms with Gasteiger partial charge in [0.15, 0.2) is 5.65 Å². The van der Waals surface area contributed by atoms with Crippen molar-refractivity contribution in [2.45, 2.75) is 38.8 Å². The number of hydrogen-bond acceptors (Lipinski definition) is 6. The van der Waals surface area contributed by atoms with E-state index in [0.29, 0.717) is 29.4 Å². The van der Waals surface area contributed by atoms with Gasteiger partial charge in [-0.15, -0.1) is 5.10 Å². The number of rotatable bonds is 2. The van der Waals surface area contributed by atoms with Gasteiger partial charge in [0.25, 0.3) is 5.91 Å². The normalized spacial score (nSPS) is 18.0. The third-order valence-corrected chi connectivity index (χ3v) is 5.65. The van der Waals surface area contributed by atoms with Crippen LogP contribution in [0.5, 0.6) is 0 Å². The molecule has 1 aliphatic rings. The summed E-state index contributed by atoms with van der Waals surface area (Å²) >= 11 is 1.05. The first kappa shape index (κ1) is 18.8. The Hall–Kier alpha value is -2.56. The number of carbonyl (C=O) groups excluding carboxylic acids is 1. The lowest BCUT2D eigenvalue weighted by atomic mass is 9.94. The summed E-state index contributed by atoms with van der Waals surface area (Å²) in [7, 11) is 0. The van der Waals surface area contributed by atoms with Crippen LogP contribution in [-0.4, -0.2) is 48.1 Å². The highest BCUT2D eigenvalue weighted by molar-refractivity contribution is 7.07. The van der Waals surface area contributed by atoms with Crippen molar-refractivity contribution in [1.82, 2.24) is 29.1 Å². The lowest BCUT2D eigenvalue weighted by Gasteiger charge is -2.31. The first-order valence-electron chi connectivity index (χ1n) is 8.77. The Kier molecular flexibility index (Phi) is 4.56. The van der Waals surface area contributed by atoms with Gasteiger partial charge in [0.2, 0.25) is 0 Å². The molecule has 11 heteroatoms. The maximum absolute atomic E-state index is 13.4. The minimum atomic E-state index is -4.53. The first-order chi connectivity index (χ1) is 13.2. The average molecular weight is 410 g/mol. The third-order valence-electron chi connectivity index (χ3n) is 4.84. The van der Waals surface area contributed by atoms with Crippen molar-refractivity contribution in [2.75, 3.05) is 13.1 Å². The Morgan fingerprint density at radius 3 is 2.75 bits per heavy atom. The molecule has 0 aromatic carbocycles. The number of nitrogens with zero attached hydrogens (tertiary/aromatic N) is 6. The number of piperidine rings is 1. The zero-order valence-corrected chi connectivity index (χ0v) is 16.0. The number of amides is 1. The van der Waals surface area contributed by atoms with E-state index in [1.165, 1.54) is 6.92 Å². The maximum atomic E-state index is 13.4. The van der Waals surface area contributed by atoms with Gasteiger partial charge < -0.3 is 4.90 Å². The van der Waals surface area contributed by atoms with Gasteiger partial charge >= 0.3 is 6.18 Å². The molecule has 1 saturated heterocycles. The van der Waals surface area contributed by atoms with Crippen LogP contribution < -0.4 is 0 Å². The summed E-state index contributed by atoms with van der Waals surface area (Å²) in [5.41, 5.74) is 0.684. The molecule has 4 heterocycles. The van der Waals surface area contributed by atoms with Crippen LogP contribution in [0, 0.1) is 13.8 Å². The monoisotopic (exact) mass is 410 g/mol. The zero-order chi connectivity index (χ0) is 20.1. The zero-order valence-electron chi connectivity index (χ0n) is 15.2. The predicted molar refractivity (Wildman–Crippen MR) is 95.3 cm³/mol. The molecular weight excluding hydrogens is 393 g/mol. The minimum Gasteiger partial charge on any atom is -0.337 e. The summed E-state index contributed by atoms with van der Waals surface area (Å²) in [6, 6.07) is 2.57. The molecule has 1 amide bonds. The molecule has 0 bridgehead atoms. The van der Waals surface area contributed by atoms with Crippen molar-refractivity contribution in [3.05, 3.63) is 39.8 Å². The van der Waals surface area contributed by atoms with Crippen LogP contribution in [0.25, 0.3) is 5.65 Å². The Morgan fingerprint density at radius 2 is 2.07 bits per heavy atom. The lowest BCUT2D eigenvalue weighted by Crippen LogP contribution is -2.39. The molecule has 0 radical (unpaired) electrons. The number of fused-ring (bicyclic) bond motifs is 1. The molecule has 0 aliphatic carbocycles. The molecule has 0 unspecified atom stereocenters. The van der Waals surface area contributed by atoms with E-state index in [2.05, 4.69) is 19.7 Å². The van der Waals surface area contributed by atoms with Crippen molar-refractivity contribution in [1.29, 1.82) is 0 Å². The SMILES string of the molecule is Cc1cc(C(F)(F)F)n2nc([C@H]3CCCN(C(=O)c4snnc4C)C3)cc2n1. The predicted octanol–water partition coefficient (Wildman–Crippen LogP) is 3.24. The average Bonchev–Trinajstić information content (AvgIpc) is 3.25. The van der Waals surface area contributed by atoms with Gasteiger partial charge in [0.1, 0.15) is 10.6 Å². The molecule has 0 N–H and O–H groups in total. The van der Waals surface area contributed by atoms with Crippen molar-refractivity contribution in [2.24, 2.45) is 0 Å². The number of alkyl halides is 3. The molecule has 0 spiro atoms. The van der Waals surface area contributed by atoms with Crippen LogP contribution in [0.4, 0.5) is 13.2 Å². The molecule has 1 aliphatic heterocycles. The molecule has 148 valence electrons. The van der Waals surface area contributed by atoms with E-state index in [1.807, 2.05) is 0 Å². The summed E-state index contributed by atoms with van der Waals surface area (Å²) < 4.78 is 44.7. The molecule has 7 nitrogen and oxygen atoms in total. The molecule has 4 rings (SSSR count). The van der Waals surface area contributed by atoms with E-state index in [-0.39, 0.29) is 23.2 Å². The van der Waals surface area contributed by atoms with Gasteiger partial charge in [-0.05, 0) is 44.3 Å². The molecule has 3 aromatic rings. The Labute approximate surface area is 162 Å². The highest BCUT2D eigenvalue weighted by atomic mass is 32.1. The standard InChI is InChI=1S/C17H17F3N6OS/c1-9-6-13(17(18,19)20)26-14(21-9)7-12(23-26)11-4-3-5-25(8-11)16(27)15-10(2)22-24-28-15/h6-7,11H,3-5,8H2,1-2H3/t11-/m0/s1. The molecule has 1 fully saturated rings. The van der Waals surface area contributed by atoms with Crippen molar-refractivity contribution >= 4 is 23.1 Å². The van der Waals surface area contributed by atoms with Gasteiger partial charge in [-0.3, -0.25) is 4.79 Å². The fraction of sp³-hybridized carbons (Fsp3) is 0.471. The summed E-state index contributed by atoms with van der Waals surface area (Å²) in [6.45, 7) is 4.23. The van der Waals surface area contributed by atoms with E-state index in [4.69, 9.17) is 0 Å². The summed E-state index contributed by atoms with van der Waals surface area (Å²) in [4.78, 5) is 19.1. The van der Waals surface area contributed by atoms with Gasteiger partial charge in [-0.1, -0.05) is 4.49 Å². The molecule has 3 aromatic heterocycles. The van der Waals surface area contributed by atoms with Crippen LogP contribution in [0.3, 0.4) is 0 Å². The van der Waals surface area contributed by atoms with E-state index < -0.39 is 11.9 Å². The first-order valence-corrected chi connectivity index (χ1v) is 9.54. The minimum absolute atomic E-state index is 0.147. The fourth-order valence-corrected chi connectivity index (χ4v) is 4.12. The highest BCUT2D eigenvalue weighted by Crippen LogP contribution is 2.32. The van der Waals surface area contributed by atoms with Crippen LogP contribution in [0.2, 0.25) is 0 Å². The Morgan fingerprint density at radius 1 is 1.29 bits per heavy atom. The Bertz CT molecular complexity index is 1040. The third kappa shape index (κ3) is 3.34. The summed E-state index contributed by atoms with van der Waals surface area (Å²) in [5, 5.41) is 8.06. The second-order valence-electron chi connectivity index (χ2n) is 6.90. The van der Waals surface area contributed by atoms with Gasteiger partial charge in [0, 0.05) is 30.8 Å². The number of carbonyl (C=O) groups is 1. The van der Waals surface area contributed by atoms with Crippen molar-refractivity contribution < 1.29 is 18.0 Å². The number of aromatic nitrogens is 5. The van der Waals surface area contributed by atoms with Crippen LogP contribution in [-0.2, 0) is 6.18 Å².